The summed E-state index contributed by atoms with van der Waals surface area (Å²) in [5, 5.41) is 5.47. The molecule has 2 N–H and O–H groups in total. The number of nitrogens with zero attached hydrogens (tertiary/aromatic N) is 4. The second-order valence-electron chi connectivity index (χ2n) is 5.59. The van der Waals surface area contributed by atoms with E-state index < -0.39 is 0 Å². The van der Waals surface area contributed by atoms with Crippen molar-refractivity contribution in [3.63, 3.8) is 0 Å². The number of rotatable bonds is 6. The second-order valence-corrected chi connectivity index (χ2v) is 5.59. The highest BCUT2D eigenvalue weighted by Gasteiger charge is 2.19. The predicted octanol–water partition coefficient (Wildman–Crippen LogP) is 3.92. The van der Waals surface area contributed by atoms with E-state index in [0.29, 0.717) is 5.82 Å². The van der Waals surface area contributed by atoms with Crippen molar-refractivity contribution in [2.45, 2.75) is 39.7 Å². The Hall–Kier alpha value is -2.43. The highest BCUT2D eigenvalue weighted by atomic mass is 15.3. The van der Waals surface area contributed by atoms with Crippen LogP contribution < -0.4 is 5.73 Å². The lowest BCUT2D eigenvalue weighted by molar-refractivity contribution is 0.464. The molecule has 0 saturated heterocycles. The van der Waals surface area contributed by atoms with E-state index in [-0.39, 0.29) is 6.04 Å². The maximum Gasteiger partial charge on any atom is 0.164 e. The van der Waals surface area contributed by atoms with Gasteiger partial charge in [0.2, 0.25) is 0 Å². The molecule has 2 aromatic rings. The lowest BCUT2D eigenvalue weighted by Gasteiger charge is -2.11. The van der Waals surface area contributed by atoms with Gasteiger partial charge in [-0.15, -0.1) is 0 Å². The molecule has 0 spiro atoms. The van der Waals surface area contributed by atoms with E-state index in [1.807, 2.05) is 23.8 Å². The first-order valence-corrected chi connectivity index (χ1v) is 7.47. The number of fused-ring (bicyclic) bond motifs is 1. The zero-order valence-corrected chi connectivity index (χ0v) is 13.5. The Labute approximate surface area is 131 Å². The highest BCUT2D eigenvalue weighted by molar-refractivity contribution is 5.97. The monoisotopic (exact) mass is 297 g/mol. The molecule has 116 valence electrons. The predicted molar refractivity (Wildman–Crippen MR) is 92.3 cm³/mol. The first-order valence-electron chi connectivity index (χ1n) is 7.47. The van der Waals surface area contributed by atoms with Crippen LogP contribution in [0, 0.1) is 0 Å². The van der Waals surface area contributed by atoms with Crippen LogP contribution in [0.2, 0.25) is 0 Å². The van der Waals surface area contributed by atoms with Gasteiger partial charge in [-0.2, -0.15) is 5.10 Å². The Morgan fingerprint density at radius 1 is 1.36 bits per heavy atom. The molecule has 2 aromatic heterocycles. The quantitative estimate of drug-likeness (QED) is 0.820. The smallest absolute Gasteiger partial charge is 0.164 e. The maximum absolute atomic E-state index is 6.05. The third-order valence-electron chi connectivity index (χ3n) is 3.52. The van der Waals surface area contributed by atoms with E-state index in [1.165, 1.54) is 6.33 Å². The third kappa shape index (κ3) is 3.08. The summed E-state index contributed by atoms with van der Waals surface area (Å²) < 4.78 is 1.92. The molecule has 0 radical (unpaired) electrons. The van der Waals surface area contributed by atoms with Crippen LogP contribution in [0.5, 0.6) is 0 Å². The Balaban J connectivity index is 2.59. The van der Waals surface area contributed by atoms with E-state index in [1.54, 1.807) is 0 Å². The number of hydrogen-bond acceptors (Lipinski definition) is 4. The first-order chi connectivity index (χ1) is 10.5. The fourth-order valence-electron chi connectivity index (χ4n) is 2.39. The minimum atomic E-state index is 0.244. The topological polar surface area (TPSA) is 69.6 Å². The molecule has 0 amide bonds. The Morgan fingerprint density at radius 3 is 2.73 bits per heavy atom. The number of hydrogen-bond donors (Lipinski definition) is 1. The van der Waals surface area contributed by atoms with Crippen molar-refractivity contribution in [1.82, 2.24) is 19.7 Å². The largest absolute Gasteiger partial charge is 0.383 e. The molecule has 1 atom stereocenters. The molecule has 5 nitrogen and oxygen atoms in total. The summed E-state index contributed by atoms with van der Waals surface area (Å²) in [6.45, 7) is 14.2. The van der Waals surface area contributed by atoms with Crippen LogP contribution in [-0.4, -0.2) is 19.7 Å². The molecule has 22 heavy (non-hydrogen) atoms. The average molecular weight is 297 g/mol. The molecule has 0 aliphatic carbocycles. The van der Waals surface area contributed by atoms with E-state index in [0.717, 1.165) is 40.7 Å². The van der Waals surface area contributed by atoms with Crippen LogP contribution in [0.3, 0.4) is 0 Å². The molecule has 5 heteroatoms. The van der Waals surface area contributed by atoms with Crippen LogP contribution in [-0.2, 0) is 0 Å². The minimum absolute atomic E-state index is 0.244. The normalized spacial score (nSPS) is 12.9. The van der Waals surface area contributed by atoms with E-state index in [9.17, 15) is 0 Å². The van der Waals surface area contributed by atoms with Crippen molar-refractivity contribution in [3.05, 3.63) is 42.9 Å². The van der Waals surface area contributed by atoms with Crippen LogP contribution in [0.4, 0.5) is 5.82 Å². The molecule has 0 saturated carbocycles. The Morgan fingerprint density at radius 2 is 2.09 bits per heavy atom. The van der Waals surface area contributed by atoms with Crippen molar-refractivity contribution < 1.29 is 0 Å². The molecule has 0 aromatic carbocycles. The number of nitrogen functional groups attached to an aromatic ring is 1. The average Bonchev–Trinajstić information content (AvgIpc) is 2.86. The first kappa shape index (κ1) is 15.9. The van der Waals surface area contributed by atoms with Gasteiger partial charge in [-0.25, -0.2) is 14.6 Å². The lowest BCUT2D eigenvalue weighted by atomic mass is 10.1. The summed E-state index contributed by atoms with van der Waals surface area (Å²) in [4.78, 5) is 8.47. The fraction of sp³-hybridized carbons (Fsp3) is 0.353. The molecule has 2 heterocycles. The SMILES string of the molecule is C=C(C)C=CC(=C)c1nn(C(C)CCC)c2ncnc(N)c12. The summed E-state index contributed by atoms with van der Waals surface area (Å²) in [7, 11) is 0. The van der Waals surface area contributed by atoms with E-state index in [2.05, 4.69) is 37.0 Å². The van der Waals surface area contributed by atoms with Gasteiger partial charge in [0.05, 0.1) is 11.4 Å². The molecule has 0 aliphatic heterocycles. The van der Waals surface area contributed by atoms with Gasteiger partial charge in [0.15, 0.2) is 5.65 Å². The molecule has 2 rings (SSSR count). The van der Waals surface area contributed by atoms with Crippen LogP contribution in [0.25, 0.3) is 16.6 Å². The second kappa shape index (κ2) is 6.56. The summed E-state index contributed by atoms with van der Waals surface area (Å²) in [6.07, 6.45) is 7.38. The van der Waals surface area contributed by atoms with Gasteiger partial charge in [0.1, 0.15) is 17.8 Å². The van der Waals surface area contributed by atoms with Crippen molar-refractivity contribution in [1.29, 1.82) is 0 Å². The van der Waals surface area contributed by atoms with Crippen molar-refractivity contribution in [2.24, 2.45) is 0 Å². The summed E-state index contributed by atoms with van der Waals surface area (Å²) in [6, 6.07) is 0.244. The van der Waals surface area contributed by atoms with Crippen molar-refractivity contribution in [3.8, 4) is 0 Å². The van der Waals surface area contributed by atoms with Crippen LogP contribution in [0.15, 0.2) is 37.2 Å². The molecular formula is C17H23N5. The van der Waals surface area contributed by atoms with Gasteiger partial charge >= 0.3 is 0 Å². The van der Waals surface area contributed by atoms with Gasteiger partial charge in [-0.05, 0) is 25.8 Å². The number of nitrogens with two attached hydrogens (primary N) is 1. The number of aromatic nitrogens is 4. The van der Waals surface area contributed by atoms with E-state index in [4.69, 9.17) is 10.8 Å². The Kier molecular flexibility index (Phi) is 4.75. The van der Waals surface area contributed by atoms with Gasteiger partial charge < -0.3 is 5.73 Å². The summed E-state index contributed by atoms with van der Waals surface area (Å²) in [5.74, 6) is 0.430. The van der Waals surface area contributed by atoms with Crippen LogP contribution >= 0.6 is 0 Å². The van der Waals surface area contributed by atoms with Crippen molar-refractivity contribution >= 4 is 22.4 Å². The summed E-state index contributed by atoms with van der Waals surface area (Å²) in [5.41, 5.74) is 9.27. The van der Waals surface area contributed by atoms with Crippen molar-refractivity contribution in [2.75, 3.05) is 5.73 Å². The van der Waals surface area contributed by atoms with Gasteiger partial charge in [0.25, 0.3) is 0 Å². The van der Waals surface area contributed by atoms with Gasteiger partial charge in [-0.1, -0.05) is 44.2 Å². The summed E-state index contributed by atoms with van der Waals surface area (Å²) >= 11 is 0. The molecule has 0 bridgehead atoms. The van der Waals surface area contributed by atoms with Gasteiger partial charge in [-0.3, -0.25) is 0 Å². The minimum Gasteiger partial charge on any atom is -0.383 e. The number of anilines is 1. The number of allylic oxidation sites excluding steroid dienone is 4. The highest BCUT2D eigenvalue weighted by Crippen LogP contribution is 2.29. The molecular weight excluding hydrogens is 274 g/mol. The fourth-order valence-corrected chi connectivity index (χ4v) is 2.39. The molecule has 0 fully saturated rings. The zero-order valence-electron chi connectivity index (χ0n) is 13.5. The standard InChI is InChI=1S/C17H23N5/c1-6-7-13(5)22-17-14(16(18)19-10-20-17)15(21-22)12(4)9-8-11(2)3/h8-10,13H,2,4,6-7H2,1,3,5H3,(H2,18,19,20). The van der Waals surface area contributed by atoms with Crippen LogP contribution in [0.1, 0.15) is 45.3 Å². The molecule has 0 aliphatic rings. The zero-order chi connectivity index (χ0) is 16.3. The Bertz CT molecular complexity index is 739. The maximum atomic E-state index is 6.05. The molecule has 1 unspecified atom stereocenters. The third-order valence-corrected chi connectivity index (χ3v) is 3.52. The van der Waals surface area contributed by atoms with E-state index >= 15 is 0 Å². The van der Waals surface area contributed by atoms with Gasteiger partial charge in [0, 0.05) is 0 Å². The lowest BCUT2D eigenvalue weighted by Crippen LogP contribution is -2.07.